The summed E-state index contributed by atoms with van der Waals surface area (Å²) >= 11 is 0. The fourth-order valence-corrected chi connectivity index (χ4v) is 3.08. The van der Waals surface area contributed by atoms with Crippen molar-refractivity contribution in [3.05, 3.63) is 0 Å². The Balaban J connectivity index is 2.73. The van der Waals surface area contributed by atoms with Gasteiger partial charge < -0.3 is 5.32 Å². The summed E-state index contributed by atoms with van der Waals surface area (Å²) in [6, 6.07) is 0. The summed E-state index contributed by atoms with van der Waals surface area (Å²) < 4.78 is 0. The minimum Gasteiger partial charge on any atom is -0.359 e. The summed E-state index contributed by atoms with van der Waals surface area (Å²) in [6.45, 7) is 7.01. The Labute approximate surface area is 114 Å². The van der Waals surface area contributed by atoms with Gasteiger partial charge in [-0.05, 0) is 37.0 Å². The molecule has 102 valence electrons. The van der Waals surface area contributed by atoms with Crippen LogP contribution in [0.2, 0.25) is 5.31 Å². The van der Waals surface area contributed by atoms with Crippen molar-refractivity contribution in [2.45, 2.75) is 71.0 Å². The first kappa shape index (κ1) is 15.6. The van der Waals surface area contributed by atoms with Crippen LogP contribution in [0.15, 0.2) is 0 Å². The Morgan fingerprint density at radius 2 is 1.61 bits per heavy atom. The summed E-state index contributed by atoms with van der Waals surface area (Å²) in [5.41, 5.74) is 0.411. The molecule has 0 heterocycles. The van der Waals surface area contributed by atoms with Gasteiger partial charge in [-0.1, -0.05) is 40.0 Å². The Hall–Kier alpha value is -0.465. The third kappa shape index (κ3) is 3.52. The fourth-order valence-electron chi connectivity index (χ4n) is 3.08. The first-order valence-electron chi connectivity index (χ1n) is 7.35. The molecule has 1 N–H and O–H groups in total. The van der Waals surface area contributed by atoms with Crippen molar-refractivity contribution < 1.29 is 4.79 Å². The van der Waals surface area contributed by atoms with Gasteiger partial charge in [0, 0.05) is 12.4 Å². The summed E-state index contributed by atoms with van der Waals surface area (Å²) in [5, 5.41) is 2.08. The van der Waals surface area contributed by atoms with Gasteiger partial charge in [-0.25, -0.2) is 0 Å². The minimum absolute atomic E-state index is 0.00986. The van der Waals surface area contributed by atoms with Crippen molar-refractivity contribution >= 4 is 13.8 Å². The van der Waals surface area contributed by atoms with E-state index in [2.05, 4.69) is 26.1 Å². The third-order valence-electron chi connectivity index (χ3n) is 5.06. The lowest BCUT2D eigenvalue weighted by Crippen LogP contribution is -2.34. The van der Waals surface area contributed by atoms with Crippen LogP contribution in [0.3, 0.4) is 0 Å². The zero-order valence-electron chi connectivity index (χ0n) is 12.5. The van der Waals surface area contributed by atoms with Crippen LogP contribution in [0.5, 0.6) is 0 Å². The molecular weight excluding hydrogens is 221 g/mol. The maximum atomic E-state index is 11.9. The molecule has 0 aromatic rings. The summed E-state index contributed by atoms with van der Waals surface area (Å²) in [7, 11) is 7.99. The van der Waals surface area contributed by atoms with Crippen LogP contribution < -0.4 is 5.32 Å². The normalized spacial score (nSPS) is 34.5. The van der Waals surface area contributed by atoms with E-state index in [1.807, 2.05) is 0 Å². The van der Waals surface area contributed by atoms with Crippen LogP contribution in [0.4, 0.5) is 0 Å². The van der Waals surface area contributed by atoms with Gasteiger partial charge >= 0.3 is 0 Å². The van der Waals surface area contributed by atoms with Crippen LogP contribution in [0, 0.1) is 11.3 Å². The Morgan fingerprint density at radius 3 is 2.17 bits per heavy atom. The molecule has 0 aromatic carbocycles. The molecule has 18 heavy (non-hydrogen) atoms. The second kappa shape index (κ2) is 6.12. The molecule has 1 aliphatic carbocycles. The summed E-state index contributed by atoms with van der Waals surface area (Å²) in [5.74, 6) is 0.707. The lowest BCUT2D eigenvalue weighted by molar-refractivity contribution is -0.124. The molecule has 2 atom stereocenters. The van der Waals surface area contributed by atoms with Crippen molar-refractivity contribution in [3.63, 3.8) is 0 Å². The largest absolute Gasteiger partial charge is 0.359 e. The van der Waals surface area contributed by atoms with E-state index < -0.39 is 5.31 Å². The highest BCUT2D eigenvalue weighted by Gasteiger charge is 2.35. The third-order valence-corrected chi connectivity index (χ3v) is 5.06. The van der Waals surface area contributed by atoms with Gasteiger partial charge in [-0.2, -0.15) is 0 Å². The molecule has 0 aromatic heterocycles. The second-order valence-electron chi connectivity index (χ2n) is 6.60. The Kier molecular flexibility index (Phi) is 5.30. The predicted octanol–water partition coefficient (Wildman–Crippen LogP) is 3.47. The molecule has 2 nitrogen and oxygen atoms in total. The van der Waals surface area contributed by atoms with Gasteiger partial charge in [-0.3, -0.25) is 4.79 Å². The number of hydrogen-bond acceptors (Lipinski definition) is 1. The molecule has 3 heteroatoms. The van der Waals surface area contributed by atoms with Crippen molar-refractivity contribution in [2.75, 3.05) is 7.05 Å². The average molecular weight is 249 g/mol. The smallest absolute Gasteiger partial charge is 0.217 e. The topological polar surface area (TPSA) is 29.1 Å². The number of hydrogen-bond donors (Lipinski definition) is 1. The van der Waals surface area contributed by atoms with Crippen molar-refractivity contribution in [3.8, 4) is 0 Å². The quantitative estimate of drug-likeness (QED) is 0.746. The van der Waals surface area contributed by atoms with Gasteiger partial charge in [0.05, 0.1) is 7.85 Å². The molecule has 0 bridgehead atoms. The van der Waals surface area contributed by atoms with Crippen molar-refractivity contribution in [1.29, 1.82) is 0 Å². The fraction of sp³-hybridized carbons (Fsp3) is 0.933. The van der Waals surface area contributed by atoms with E-state index in [9.17, 15) is 4.79 Å². The molecule has 2 unspecified atom stereocenters. The highest BCUT2D eigenvalue weighted by molar-refractivity contribution is 6.28. The van der Waals surface area contributed by atoms with Crippen LogP contribution in [0.25, 0.3) is 0 Å². The van der Waals surface area contributed by atoms with Gasteiger partial charge in [-0.15, -0.1) is 0 Å². The molecule has 0 aliphatic heterocycles. The van der Waals surface area contributed by atoms with E-state index in [1.54, 1.807) is 7.05 Å². The Bertz CT molecular complexity index is 292. The van der Waals surface area contributed by atoms with E-state index in [0.29, 0.717) is 11.3 Å². The summed E-state index contributed by atoms with van der Waals surface area (Å²) in [4.78, 5) is 11.9. The summed E-state index contributed by atoms with van der Waals surface area (Å²) in [6.07, 6.45) is 7.38. The van der Waals surface area contributed by atoms with Gasteiger partial charge in [0.2, 0.25) is 5.91 Å². The van der Waals surface area contributed by atoms with Gasteiger partial charge in [0.1, 0.15) is 0 Å². The van der Waals surface area contributed by atoms with E-state index in [4.69, 9.17) is 7.85 Å². The van der Waals surface area contributed by atoms with E-state index in [0.717, 1.165) is 25.7 Å². The van der Waals surface area contributed by atoms with Crippen LogP contribution in [-0.2, 0) is 4.79 Å². The minimum atomic E-state index is -0.642. The molecule has 1 saturated carbocycles. The average Bonchev–Trinajstić information content (AvgIpc) is 2.40. The second-order valence-corrected chi connectivity index (χ2v) is 6.60. The molecule has 1 amide bonds. The molecule has 2 radical (unpaired) electrons. The predicted molar refractivity (Wildman–Crippen MR) is 77.8 cm³/mol. The zero-order chi connectivity index (χ0) is 13.8. The zero-order valence-corrected chi connectivity index (χ0v) is 12.5. The molecular formula is C15H28BNO. The highest BCUT2D eigenvalue weighted by Crippen LogP contribution is 2.44. The van der Waals surface area contributed by atoms with Crippen LogP contribution in [-0.4, -0.2) is 20.8 Å². The number of nitrogens with one attached hydrogen (secondary N) is 1. The highest BCUT2D eigenvalue weighted by atomic mass is 16.2. The molecule has 1 fully saturated rings. The standard InChI is InChI=1S/C15H28BNO/c1-12(2)14(3)8-5-6-10-15(16,11-7-9-14)13(18)17-4/h12H,5-11H2,1-4H3,(H,17,18). The molecule has 0 saturated heterocycles. The van der Waals surface area contributed by atoms with Crippen LogP contribution in [0.1, 0.15) is 65.7 Å². The molecule has 1 aliphatic rings. The lowest BCUT2D eigenvalue weighted by atomic mass is 9.62. The maximum Gasteiger partial charge on any atom is 0.217 e. The Morgan fingerprint density at radius 1 is 1.11 bits per heavy atom. The lowest BCUT2D eigenvalue weighted by Gasteiger charge is -2.34. The molecule has 0 spiro atoms. The van der Waals surface area contributed by atoms with Crippen molar-refractivity contribution in [1.82, 2.24) is 5.32 Å². The monoisotopic (exact) mass is 249 g/mol. The first-order chi connectivity index (χ1) is 8.34. The SMILES string of the molecule is [B]C1(C(=O)NC)CCCCC(C)(C(C)C)CCC1. The van der Waals surface area contributed by atoms with E-state index >= 15 is 0 Å². The number of amides is 1. The number of carbonyl (C=O) groups is 1. The van der Waals surface area contributed by atoms with Gasteiger partial charge in [0.25, 0.3) is 0 Å². The van der Waals surface area contributed by atoms with Crippen molar-refractivity contribution in [2.24, 2.45) is 11.3 Å². The number of carbonyl (C=O) groups excluding carboxylic acids is 1. The van der Waals surface area contributed by atoms with Crippen LogP contribution >= 0.6 is 0 Å². The van der Waals surface area contributed by atoms with Gasteiger partial charge in [0.15, 0.2) is 0 Å². The first-order valence-corrected chi connectivity index (χ1v) is 7.35. The maximum absolute atomic E-state index is 11.9. The van der Waals surface area contributed by atoms with E-state index in [1.165, 1.54) is 19.3 Å². The van der Waals surface area contributed by atoms with E-state index in [-0.39, 0.29) is 5.91 Å². The molecule has 1 rings (SSSR count). The number of rotatable bonds is 2.